The molecule has 1 aromatic carbocycles. The molecule has 6 heteroatoms. The van der Waals surface area contributed by atoms with Gasteiger partial charge in [0.25, 0.3) is 0 Å². The average molecular weight is 229 g/mol. The maximum atomic E-state index is 11.3. The highest BCUT2D eigenvalue weighted by atomic mass is 31.1. The van der Waals surface area contributed by atoms with Crippen molar-refractivity contribution in [1.29, 1.82) is 0 Å². The lowest BCUT2D eigenvalue weighted by Crippen LogP contribution is -2.01. The third-order valence-corrected chi connectivity index (χ3v) is 2.16. The molecule has 1 N–H and O–H groups in total. The van der Waals surface area contributed by atoms with Crippen LogP contribution < -0.4 is 0 Å². The Morgan fingerprint density at radius 1 is 1.33 bits per heavy atom. The summed E-state index contributed by atoms with van der Waals surface area (Å²) in [7, 11) is -2.51. The molecule has 0 fully saturated rings. The fourth-order valence-electron chi connectivity index (χ4n) is 0.836. The number of benzene rings is 1. The van der Waals surface area contributed by atoms with Gasteiger partial charge in [-0.1, -0.05) is 18.2 Å². The van der Waals surface area contributed by atoms with E-state index in [-0.39, 0.29) is 13.2 Å². The molecule has 0 saturated carbocycles. The minimum atomic E-state index is -2.51. The molecular formula is C9H10O5P+. The van der Waals surface area contributed by atoms with Gasteiger partial charge < -0.3 is 5.11 Å². The second kappa shape index (κ2) is 6.24. The van der Waals surface area contributed by atoms with E-state index < -0.39 is 14.2 Å². The molecule has 0 spiro atoms. The van der Waals surface area contributed by atoms with Gasteiger partial charge in [0.1, 0.15) is 6.61 Å². The maximum absolute atomic E-state index is 11.3. The zero-order chi connectivity index (χ0) is 11.1. The Kier molecular flexibility index (Phi) is 4.90. The molecule has 0 amide bonds. The first-order valence-electron chi connectivity index (χ1n) is 4.22. The van der Waals surface area contributed by atoms with Crippen LogP contribution in [0, 0.1) is 0 Å². The van der Waals surface area contributed by atoms with Gasteiger partial charge in [-0.05, 0) is 12.1 Å². The highest BCUT2D eigenvalue weighted by Gasteiger charge is 2.26. The van der Waals surface area contributed by atoms with Crippen molar-refractivity contribution in [3.05, 3.63) is 35.9 Å². The van der Waals surface area contributed by atoms with E-state index in [0.717, 1.165) is 0 Å². The van der Waals surface area contributed by atoms with E-state index >= 15 is 0 Å². The molecule has 0 heterocycles. The highest BCUT2D eigenvalue weighted by molar-refractivity contribution is 7.34. The van der Waals surface area contributed by atoms with E-state index in [1.807, 2.05) is 0 Å². The molecule has 80 valence electrons. The normalized spacial score (nSPS) is 10.9. The van der Waals surface area contributed by atoms with Crippen LogP contribution in [-0.2, 0) is 13.6 Å². The molecule has 1 rings (SSSR count). The summed E-state index contributed by atoms with van der Waals surface area (Å²) in [6.07, 6.45) is 0. The van der Waals surface area contributed by atoms with Crippen LogP contribution in [0.3, 0.4) is 0 Å². The number of carbonyl (C=O) groups excluding carboxylic acids is 1. The molecular weight excluding hydrogens is 219 g/mol. The standard InChI is InChI=1S/C9H10O5P/c10-6-7-13-15(12)14-9(11)8-4-2-1-3-5-8/h1-5,10H,6-7H2/q+1. The quantitative estimate of drug-likeness (QED) is 0.774. The number of hydrogen-bond acceptors (Lipinski definition) is 5. The number of carbonyl (C=O) groups is 1. The summed E-state index contributed by atoms with van der Waals surface area (Å²) in [5, 5.41) is 8.37. The van der Waals surface area contributed by atoms with Crippen LogP contribution in [0.1, 0.15) is 10.4 Å². The van der Waals surface area contributed by atoms with Crippen molar-refractivity contribution in [3.8, 4) is 0 Å². The van der Waals surface area contributed by atoms with E-state index in [9.17, 15) is 9.36 Å². The van der Waals surface area contributed by atoms with Gasteiger partial charge in [0.15, 0.2) is 0 Å². The van der Waals surface area contributed by atoms with Gasteiger partial charge in [0.2, 0.25) is 0 Å². The molecule has 0 aromatic heterocycles. The van der Waals surface area contributed by atoms with Crippen molar-refractivity contribution in [2.24, 2.45) is 0 Å². The molecule has 0 bridgehead atoms. The van der Waals surface area contributed by atoms with Crippen molar-refractivity contribution >= 4 is 14.2 Å². The second-order valence-corrected chi connectivity index (χ2v) is 3.41. The SMILES string of the molecule is O=C(O[P+](=O)OCCO)c1ccccc1. The minimum absolute atomic E-state index is 0.128. The lowest BCUT2D eigenvalue weighted by atomic mass is 10.2. The molecule has 0 aliphatic rings. The van der Waals surface area contributed by atoms with Gasteiger partial charge in [-0.3, -0.25) is 0 Å². The van der Waals surface area contributed by atoms with Crippen molar-refractivity contribution in [2.45, 2.75) is 0 Å². The van der Waals surface area contributed by atoms with E-state index in [2.05, 4.69) is 9.05 Å². The number of aliphatic hydroxyl groups excluding tert-OH is 1. The summed E-state index contributed by atoms with van der Waals surface area (Å²) in [5.41, 5.74) is 0.299. The van der Waals surface area contributed by atoms with Crippen LogP contribution in [0.25, 0.3) is 0 Å². The molecule has 1 unspecified atom stereocenters. The first kappa shape index (κ1) is 11.8. The molecule has 5 nitrogen and oxygen atoms in total. The van der Waals surface area contributed by atoms with Gasteiger partial charge in [0, 0.05) is 4.57 Å². The van der Waals surface area contributed by atoms with Crippen LogP contribution in [0.2, 0.25) is 0 Å². The first-order chi connectivity index (χ1) is 7.24. The van der Waals surface area contributed by atoms with Gasteiger partial charge in [-0.15, -0.1) is 4.52 Å². The Bertz CT molecular complexity index is 338. The Hall–Kier alpha value is -1.29. The topological polar surface area (TPSA) is 72.8 Å². The molecule has 0 saturated heterocycles. The summed E-state index contributed by atoms with van der Waals surface area (Å²) in [5.74, 6) is -0.713. The van der Waals surface area contributed by atoms with Crippen molar-refractivity contribution in [2.75, 3.05) is 13.2 Å². The molecule has 0 radical (unpaired) electrons. The predicted octanol–water partition coefficient (Wildman–Crippen LogP) is 1.51. The molecule has 15 heavy (non-hydrogen) atoms. The van der Waals surface area contributed by atoms with E-state index in [4.69, 9.17) is 5.11 Å². The summed E-state index contributed by atoms with van der Waals surface area (Å²) < 4.78 is 19.9. The summed E-state index contributed by atoms with van der Waals surface area (Å²) >= 11 is 0. The largest absolute Gasteiger partial charge is 0.753 e. The highest BCUT2D eigenvalue weighted by Crippen LogP contribution is 2.24. The molecule has 0 aliphatic carbocycles. The Morgan fingerprint density at radius 2 is 2.00 bits per heavy atom. The Balaban J connectivity index is 2.46. The molecule has 1 aromatic rings. The van der Waals surface area contributed by atoms with E-state index in [1.165, 1.54) is 12.1 Å². The van der Waals surface area contributed by atoms with Gasteiger partial charge in [-0.25, -0.2) is 4.79 Å². The van der Waals surface area contributed by atoms with E-state index in [0.29, 0.717) is 5.56 Å². The number of rotatable bonds is 5. The average Bonchev–Trinajstić information content (AvgIpc) is 2.27. The molecule has 0 aliphatic heterocycles. The van der Waals surface area contributed by atoms with Crippen LogP contribution >= 0.6 is 8.25 Å². The van der Waals surface area contributed by atoms with Crippen molar-refractivity contribution in [1.82, 2.24) is 0 Å². The Labute approximate surface area is 87.6 Å². The van der Waals surface area contributed by atoms with Crippen LogP contribution in [-0.4, -0.2) is 24.3 Å². The minimum Gasteiger partial charge on any atom is -0.394 e. The second-order valence-electron chi connectivity index (χ2n) is 2.53. The van der Waals surface area contributed by atoms with Crippen molar-refractivity contribution in [3.63, 3.8) is 0 Å². The summed E-state index contributed by atoms with van der Waals surface area (Å²) in [6.45, 7) is -0.402. The molecule has 1 atom stereocenters. The van der Waals surface area contributed by atoms with Gasteiger partial charge >= 0.3 is 14.2 Å². The third-order valence-electron chi connectivity index (χ3n) is 1.45. The van der Waals surface area contributed by atoms with Crippen LogP contribution in [0.5, 0.6) is 0 Å². The third kappa shape index (κ3) is 4.16. The maximum Gasteiger partial charge on any atom is 0.753 e. The van der Waals surface area contributed by atoms with Gasteiger partial charge in [-0.2, -0.15) is 4.52 Å². The predicted molar refractivity (Wildman–Crippen MR) is 52.5 cm³/mol. The van der Waals surface area contributed by atoms with E-state index in [1.54, 1.807) is 18.2 Å². The van der Waals surface area contributed by atoms with Crippen LogP contribution in [0.15, 0.2) is 30.3 Å². The first-order valence-corrected chi connectivity index (χ1v) is 5.32. The fourth-order valence-corrected chi connectivity index (χ4v) is 1.36. The monoisotopic (exact) mass is 229 g/mol. The smallest absolute Gasteiger partial charge is 0.394 e. The summed E-state index contributed by atoms with van der Waals surface area (Å²) in [6, 6.07) is 8.16. The zero-order valence-corrected chi connectivity index (χ0v) is 8.72. The van der Waals surface area contributed by atoms with Gasteiger partial charge in [0.05, 0.1) is 12.2 Å². The Morgan fingerprint density at radius 3 is 2.60 bits per heavy atom. The zero-order valence-electron chi connectivity index (χ0n) is 7.83. The number of aliphatic hydroxyl groups is 1. The lowest BCUT2D eigenvalue weighted by molar-refractivity contribution is 0.0708. The fraction of sp³-hybridized carbons (Fsp3) is 0.222. The summed E-state index contributed by atoms with van der Waals surface area (Å²) in [4.78, 5) is 11.3. The number of hydrogen-bond donors (Lipinski definition) is 1. The lowest BCUT2D eigenvalue weighted by Gasteiger charge is -1.92. The van der Waals surface area contributed by atoms with Crippen LogP contribution in [0.4, 0.5) is 0 Å². The van der Waals surface area contributed by atoms with Crippen molar-refractivity contribution < 1.29 is 23.5 Å².